The molecule has 4 rings (SSSR count). The first kappa shape index (κ1) is 20.5. The number of rotatable bonds is 8. The number of amides is 1. The quantitative estimate of drug-likeness (QED) is 0.506. The van der Waals surface area contributed by atoms with Crippen LogP contribution in [0.25, 0.3) is 4.96 Å². The van der Waals surface area contributed by atoms with Crippen molar-refractivity contribution in [2.75, 3.05) is 46.0 Å². The van der Waals surface area contributed by atoms with Crippen LogP contribution in [0.2, 0.25) is 0 Å². The second-order valence-electron chi connectivity index (χ2n) is 7.01. The number of benzene rings is 1. The number of hydrogen-bond donors (Lipinski definition) is 0. The third-order valence-electron chi connectivity index (χ3n) is 4.93. The summed E-state index contributed by atoms with van der Waals surface area (Å²) in [5, 5.41) is 1.85. The Hall–Kier alpha value is -2.75. The van der Waals surface area contributed by atoms with Crippen LogP contribution in [0.4, 0.5) is 0 Å². The maximum atomic E-state index is 12.3. The molecule has 0 spiro atoms. The molecule has 0 radical (unpaired) electrons. The van der Waals surface area contributed by atoms with E-state index < -0.39 is 0 Å². The van der Waals surface area contributed by atoms with E-state index in [1.54, 1.807) is 16.7 Å². The van der Waals surface area contributed by atoms with Gasteiger partial charge in [-0.05, 0) is 12.1 Å². The fourth-order valence-corrected chi connectivity index (χ4v) is 4.08. The summed E-state index contributed by atoms with van der Waals surface area (Å²) in [5.74, 6) is 0.782. The van der Waals surface area contributed by atoms with Gasteiger partial charge in [0, 0.05) is 50.4 Å². The predicted molar refractivity (Wildman–Crippen MR) is 114 cm³/mol. The lowest BCUT2D eigenvalue weighted by Crippen LogP contribution is -2.49. The highest BCUT2D eigenvalue weighted by Gasteiger charge is 2.21. The van der Waals surface area contributed by atoms with Gasteiger partial charge in [-0.25, -0.2) is 4.98 Å². The van der Waals surface area contributed by atoms with Crippen LogP contribution in [0.3, 0.4) is 0 Å². The lowest BCUT2D eigenvalue weighted by molar-refractivity contribution is -0.138. The number of carbonyl (C=O) groups excluding carboxylic acids is 1. The molecule has 0 N–H and O–H groups in total. The molecule has 0 bridgehead atoms. The van der Waals surface area contributed by atoms with E-state index in [2.05, 4.69) is 9.88 Å². The Balaban J connectivity index is 1.16. The highest BCUT2D eigenvalue weighted by Crippen LogP contribution is 2.11. The van der Waals surface area contributed by atoms with Gasteiger partial charge in [-0.1, -0.05) is 18.2 Å². The van der Waals surface area contributed by atoms with E-state index in [-0.39, 0.29) is 18.1 Å². The van der Waals surface area contributed by atoms with E-state index >= 15 is 0 Å². The van der Waals surface area contributed by atoms with Crippen molar-refractivity contribution in [1.82, 2.24) is 19.2 Å². The van der Waals surface area contributed by atoms with Gasteiger partial charge in [0.05, 0.1) is 12.3 Å². The smallest absolute Gasteiger partial charge is 0.258 e. The van der Waals surface area contributed by atoms with Crippen LogP contribution >= 0.6 is 11.3 Å². The summed E-state index contributed by atoms with van der Waals surface area (Å²) in [7, 11) is 0. The topological polar surface area (TPSA) is 76.4 Å². The van der Waals surface area contributed by atoms with E-state index in [1.165, 1.54) is 11.3 Å². The van der Waals surface area contributed by atoms with E-state index in [0.717, 1.165) is 24.5 Å². The number of fused-ring (bicyclic) bond motifs is 1. The summed E-state index contributed by atoms with van der Waals surface area (Å²) in [5.41, 5.74) is 0.711. The number of hydrogen-bond acceptors (Lipinski definition) is 7. The zero-order chi connectivity index (χ0) is 20.8. The number of aromatic nitrogens is 2. The summed E-state index contributed by atoms with van der Waals surface area (Å²) in [6, 6.07) is 11.1. The molecule has 1 amide bonds. The fraction of sp³-hybridized carbons (Fsp3) is 0.381. The third kappa shape index (κ3) is 5.24. The Bertz CT molecular complexity index is 1030. The lowest BCUT2D eigenvalue weighted by Gasteiger charge is -2.34. The predicted octanol–water partition coefficient (Wildman–Crippen LogP) is 1.50. The molecule has 2 aromatic heterocycles. The van der Waals surface area contributed by atoms with Crippen molar-refractivity contribution in [1.29, 1.82) is 0 Å². The van der Waals surface area contributed by atoms with E-state index in [1.807, 2.05) is 40.6 Å². The minimum Gasteiger partial charge on any atom is -0.491 e. The first-order chi connectivity index (χ1) is 14.7. The van der Waals surface area contributed by atoms with Gasteiger partial charge in [-0.3, -0.25) is 18.9 Å². The molecule has 9 heteroatoms. The molecule has 1 aliphatic rings. The monoisotopic (exact) mass is 428 g/mol. The van der Waals surface area contributed by atoms with Crippen LogP contribution in [0, 0.1) is 0 Å². The van der Waals surface area contributed by atoms with E-state index in [4.69, 9.17) is 9.47 Å². The second kappa shape index (κ2) is 9.84. The molecule has 1 aliphatic heterocycles. The minimum absolute atomic E-state index is 0.00858. The largest absolute Gasteiger partial charge is 0.491 e. The van der Waals surface area contributed by atoms with Crippen molar-refractivity contribution in [3.63, 3.8) is 0 Å². The number of ether oxygens (including phenoxy) is 2. The molecule has 0 aliphatic carbocycles. The van der Waals surface area contributed by atoms with Gasteiger partial charge in [0.25, 0.3) is 5.56 Å². The number of thiazole rings is 1. The molecule has 8 nitrogen and oxygen atoms in total. The molecule has 3 heterocycles. The summed E-state index contributed by atoms with van der Waals surface area (Å²) in [4.78, 5) is 33.7. The van der Waals surface area contributed by atoms with Crippen LogP contribution in [-0.2, 0) is 16.1 Å². The number of carbonyl (C=O) groups is 1. The highest BCUT2D eigenvalue weighted by atomic mass is 32.1. The standard InChI is InChI=1S/C21H24N4O4S/c26-19-14-17(22-21-25(19)10-13-30-21)15-23-6-8-24(9-7-23)20(27)16-28-11-12-29-18-4-2-1-3-5-18/h1-5,10,13-14H,6-9,11-12,15-16H2. The summed E-state index contributed by atoms with van der Waals surface area (Å²) < 4.78 is 12.6. The second-order valence-corrected chi connectivity index (χ2v) is 7.89. The van der Waals surface area contributed by atoms with Gasteiger partial charge in [-0.2, -0.15) is 0 Å². The average molecular weight is 429 g/mol. The number of nitrogens with zero attached hydrogens (tertiary/aromatic N) is 4. The zero-order valence-electron chi connectivity index (χ0n) is 16.6. The van der Waals surface area contributed by atoms with E-state index in [9.17, 15) is 9.59 Å². The van der Waals surface area contributed by atoms with Crippen molar-refractivity contribution in [2.45, 2.75) is 6.54 Å². The molecule has 3 aromatic rings. The highest BCUT2D eigenvalue weighted by molar-refractivity contribution is 7.15. The zero-order valence-corrected chi connectivity index (χ0v) is 17.4. The van der Waals surface area contributed by atoms with Gasteiger partial charge in [0.15, 0.2) is 4.96 Å². The van der Waals surface area contributed by atoms with Gasteiger partial charge >= 0.3 is 0 Å². The van der Waals surface area contributed by atoms with E-state index in [0.29, 0.717) is 37.8 Å². The summed E-state index contributed by atoms with van der Waals surface area (Å²) in [6.45, 7) is 4.22. The van der Waals surface area contributed by atoms with Crippen LogP contribution in [0.5, 0.6) is 5.75 Å². The van der Waals surface area contributed by atoms with Crippen molar-refractivity contribution in [3.8, 4) is 5.75 Å². The van der Waals surface area contributed by atoms with Crippen LogP contribution in [0.1, 0.15) is 5.69 Å². The maximum Gasteiger partial charge on any atom is 0.258 e. The minimum atomic E-state index is -0.0570. The molecule has 1 aromatic carbocycles. The van der Waals surface area contributed by atoms with Gasteiger partial charge < -0.3 is 14.4 Å². The number of para-hydroxylation sites is 1. The maximum absolute atomic E-state index is 12.3. The van der Waals surface area contributed by atoms with Crippen molar-refractivity contribution in [3.05, 3.63) is 64.0 Å². The molecule has 30 heavy (non-hydrogen) atoms. The normalized spacial score (nSPS) is 14.9. The van der Waals surface area contributed by atoms with Crippen molar-refractivity contribution >= 4 is 22.2 Å². The Morgan fingerprint density at radius 3 is 2.70 bits per heavy atom. The molecule has 1 saturated heterocycles. The summed E-state index contributed by atoms with van der Waals surface area (Å²) >= 11 is 1.45. The lowest BCUT2D eigenvalue weighted by atomic mass is 10.3. The van der Waals surface area contributed by atoms with Crippen molar-refractivity contribution < 1.29 is 14.3 Å². The molecule has 158 valence electrons. The molecule has 1 fully saturated rings. The Labute approximate surface area is 178 Å². The van der Waals surface area contributed by atoms with Crippen LogP contribution < -0.4 is 10.3 Å². The molecular formula is C21H24N4O4S. The SMILES string of the molecule is O=C(COCCOc1ccccc1)N1CCN(Cc2cc(=O)n3ccsc3n2)CC1. The summed E-state index contributed by atoms with van der Waals surface area (Å²) in [6.07, 6.45) is 1.74. The Morgan fingerprint density at radius 2 is 1.90 bits per heavy atom. The fourth-order valence-electron chi connectivity index (χ4n) is 3.34. The average Bonchev–Trinajstić information content (AvgIpc) is 3.24. The molecular weight excluding hydrogens is 404 g/mol. The van der Waals surface area contributed by atoms with Gasteiger partial charge in [0.1, 0.15) is 19.0 Å². The molecule has 0 saturated carbocycles. The van der Waals surface area contributed by atoms with Crippen molar-refractivity contribution in [2.24, 2.45) is 0 Å². The van der Waals surface area contributed by atoms with Crippen LogP contribution in [0.15, 0.2) is 52.8 Å². The first-order valence-electron chi connectivity index (χ1n) is 9.90. The number of piperazine rings is 1. The van der Waals surface area contributed by atoms with Crippen LogP contribution in [-0.4, -0.2) is 71.1 Å². The molecule has 0 unspecified atom stereocenters. The molecule has 0 atom stereocenters. The third-order valence-corrected chi connectivity index (χ3v) is 5.69. The van der Waals surface area contributed by atoms with Gasteiger partial charge in [0.2, 0.25) is 5.91 Å². The Morgan fingerprint density at radius 1 is 1.10 bits per heavy atom. The first-order valence-corrected chi connectivity index (χ1v) is 10.8. The Kier molecular flexibility index (Phi) is 6.73. The van der Waals surface area contributed by atoms with Gasteiger partial charge in [-0.15, -0.1) is 11.3 Å².